The zero-order chi connectivity index (χ0) is 19.2. The lowest BCUT2D eigenvalue weighted by molar-refractivity contribution is -0.0498. The van der Waals surface area contributed by atoms with E-state index in [0.717, 1.165) is 11.5 Å². The second-order valence-corrected chi connectivity index (χ2v) is 6.26. The number of thiocarbonyl (C=S) groups is 1. The SMILES string of the molecule is CCN(C[C@H]1COc2ccccc2O1)C(=S)Nc1ccc(OC(F)F)cc1. The molecule has 0 saturated heterocycles. The first-order valence-electron chi connectivity index (χ1n) is 8.54. The van der Waals surface area contributed by atoms with E-state index in [9.17, 15) is 8.78 Å². The lowest BCUT2D eigenvalue weighted by Gasteiger charge is -2.32. The molecule has 0 radical (unpaired) electrons. The van der Waals surface area contributed by atoms with Gasteiger partial charge < -0.3 is 24.4 Å². The van der Waals surface area contributed by atoms with Crippen molar-refractivity contribution in [2.45, 2.75) is 19.6 Å². The van der Waals surface area contributed by atoms with Crippen LogP contribution in [0.1, 0.15) is 6.92 Å². The summed E-state index contributed by atoms with van der Waals surface area (Å²) in [6, 6.07) is 13.7. The molecule has 0 unspecified atom stereocenters. The maximum atomic E-state index is 12.2. The molecule has 5 nitrogen and oxygen atoms in total. The van der Waals surface area contributed by atoms with Crippen molar-refractivity contribution in [1.29, 1.82) is 0 Å². The Morgan fingerprint density at radius 2 is 1.93 bits per heavy atom. The Labute approximate surface area is 161 Å². The normalized spacial score (nSPS) is 15.3. The predicted molar refractivity (Wildman–Crippen MR) is 103 cm³/mol. The van der Waals surface area contributed by atoms with Crippen LogP contribution in [0.5, 0.6) is 17.2 Å². The van der Waals surface area contributed by atoms with Gasteiger partial charge in [0.25, 0.3) is 0 Å². The molecular weight excluding hydrogens is 374 g/mol. The van der Waals surface area contributed by atoms with Crippen LogP contribution in [0, 0.1) is 0 Å². The molecule has 3 rings (SSSR count). The number of halogens is 2. The Bertz CT molecular complexity index is 774. The Kier molecular flexibility index (Phi) is 6.28. The van der Waals surface area contributed by atoms with E-state index >= 15 is 0 Å². The van der Waals surface area contributed by atoms with Crippen LogP contribution in [-0.4, -0.2) is 42.4 Å². The van der Waals surface area contributed by atoms with Crippen LogP contribution in [0.2, 0.25) is 0 Å². The van der Waals surface area contributed by atoms with Crippen LogP contribution >= 0.6 is 12.2 Å². The number of benzene rings is 2. The van der Waals surface area contributed by atoms with E-state index < -0.39 is 6.61 Å². The van der Waals surface area contributed by atoms with Crippen LogP contribution in [0.4, 0.5) is 14.5 Å². The van der Waals surface area contributed by atoms with Crippen LogP contribution in [0.3, 0.4) is 0 Å². The van der Waals surface area contributed by atoms with E-state index in [1.807, 2.05) is 36.1 Å². The molecular formula is C19H20F2N2O3S. The summed E-state index contributed by atoms with van der Waals surface area (Å²) < 4.78 is 40.5. The van der Waals surface area contributed by atoms with Crippen LogP contribution in [0.25, 0.3) is 0 Å². The van der Waals surface area contributed by atoms with Gasteiger partial charge in [-0.3, -0.25) is 0 Å². The molecule has 1 aliphatic heterocycles. The average molecular weight is 394 g/mol. The topological polar surface area (TPSA) is 43.0 Å². The monoisotopic (exact) mass is 394 g/mol. The standard InChI is InChI=1S/C19H20F2N2O3S/c1-2-23(11-15-12-24-16-5-3-4-6-17(16)25-15)19(27)22-13-7-9-14(10-8-13)26-18(20)21/h3-10,15,18H,2,11-12H2,1H3,(H,22,27)/t15-/m0/s1. The number of ether oxygens (including phenoxy) is 3. The minimum atomic E-state index is -2.84. The molecule has 2 aromatic rings. The third-order valence-corrected chi connectivity index (χ3v) is 4.35. The van der Waals surface area contributed by atoms with E-state index in [0.29, 0.717) is 30.5 Å². The van der Waals surface area contributed by atoms with Gasteiger partial charge in [0.05, 0.1) is 6.54 Å². The van der Waals surface area contributed by atoms with Crippen molar-refractivity contribution < 1.29 is 23.0 Å². The number of nitrogens with zero attached hydrogens (tertiary/aromatic N) is 1. The lowest BCUT2D eigenvalue weighted by atomic mass is 10.2. The van der Waals surface area contributed by atoms with Gasteiger partial charge in [-0.15, -0.1) is 0 Å². The average Bonchev–Trinajstić information content (AvgIpc) is 2.67. The van der Waals surface area contributed by atoms with Gasteiger partial charge in [-0.25, -0.2) is 0 Å². The van der Waals surface area contributed by atoms with Crippen molar-refractivity contribution >= 4 is 23.0 Å². The molecule has 27 heavy (non-hydrogen) atoms. The molecule has 0 amide bonds. The molecule has 0 bridgehead atoms. The quantitative estimate of drug-likeness (QED) is 0.743. The van der Waals surface area contributed by atoms with Crippen LogP contribution in [0.15, 0.2) is 48.5 Å². The molecule has 1 N–H and O–H groups in total. The lowest BCUT2D eigenvalue weighted by Crippen LogP contribution is -2.45. The number of fused-ring (bicyclic) bond motifs is 1. The fourth-order valence-corrected chi connectivity index (χ4v) is 3.00. The van der Waals surface area contributed by atoms with Gasteiger partial charge in [-0.05, 0) is 55.5 Å². The first kappa shape index (κ1) is 19.2. The Morgan fingerprint density at radius 3 is 2.59 bits per heavy atom. The van der Waals surface area contributed by atoms with Gasteiger partial charge >= 0.3 is 6.61 Å². The number of rotatable bonds is 6. The molecule has 2 aromatic carbocycles. The summed E-state index contributed by atoms with van der Waals surface area (Å²) in [5.41, 5.74) is 0.686. The van der Waals surface area contributed by atoms with E-state index in [-0.39, 0.29) is 11.9 Å². The van der Waals surface area contributed by atoms with Gasteiger partial charge in [0.1, 0.15) is 12.4 Å². The maximum Gasteiger partial charge on any atom is 0.387 e. The summed E-state index contributed by atoms with van der Waals surface area (Å²) >= 11 is 5.47. The summed E-state index contributed by atoms with van der Waals surface area (Å²) in [6.07, 6.45) is -0.151. The fourth-order valence-electron chi connectivity index (χ4n) is 2.68. The van der Waals surface area contributed by atoms with Gasteiger partial charge in [0, 0.05) is 12.2 Å². The van der Waals surface area contributed by atoms with Crippen LogP contribution < -0.4 is 19.5 Å². The summed E-state index contributed by atoms with van der Waals surface area (Å²) in [6.45, 7) is 0.827. The first-order valence-corrected chi connectivity index (χ1v) is 8.95. The molecule has 144 valence electrons. The van der Waals surface area contributed by atoms with Gasteiger partial charge in [0.15, 0.2) is 22.7 Å². The molecule has 0 aliphatic carbocycles. The summed E-state index contributed by atoms with van der Waals surface area (Å²) in [5, 5.41) is 3.62. The van der Waals surface area contributed by atoms with E-state index in [1.165, 1.54) is 12.1 Å². The second-order valence-electron chi connectivity index (χ2n) is 5.87. The van der Waals surface area contributed by atoms with Gasteiger partial charge in [-0.1, -0.05) is 12.1 Å². The van der Waals surface area contributed by atoms with Crippen molar-refractivity contribution in [3.05, 3.63) is 48.5 Å². The van der Waals surface area contributed by atoms with Crippen molar-refractivity contribution in [1.82, 2.24) is 4.90 Å². The van der Waals surface area contributed by atoms with Gasteiger partial charge in [0.2, 0.25) is 0 Å². The highest BCUT2D eigenvalue weighted by Crippen LogP contribution is 2.31. The van der Waals surface area contributed by atoms with Gasteiger partial charge in [-0.2, -0.15) is 8.78 Å². The second kappa shape index (κ2) is 8.85. The molecule has 1 aliphatic rings. The van der Waals surface area contributed by atoms with E-state index in [4.69, 9.17) is 21.7 Å². The number of hydrogen-bond donors (Lipinski definition) is 1. The third-order valence-electron chi connectivity index (χ3n) is 3.99. The number of likely N-dealkylation sites (N-methyl/N-ethyl adjacent to an activating group) is 1. The maximum absolute atomic E-state index is 12.2. The zero-order valence-corrected chi connectivity index (χ0v) is 15.5. The number of nitrogens with one attached hydrogen (secondary N) is 1. The molecule has 0 fully saturated rings. The van der Waals surface area contributed by atoms with Crippen LogP contribution in [-0.2, 0) is 0 Å². The molecule has 0 spiro atoms. The van der Waals surface area contributed by atoms with Crippen molar-refractivity contribution in [3.63, 3.8) is 0 Å². The van der Waals surface area contributed by atoms with Crippen molar-refractivity contribution in [3.8, 4) is 17.2 Å². The van der Waals surface area contributed by atoms with Crippen molar-refractivity contribution in [2.24, 2.45) is 0 Å². The number of anilines is 1. The molecule has 0 aromatic heterocycles. The summed E-state index contributed by atoms with van der Waals surface area (Å²) in [5.74, 6) is 1.56. The molecule has 1 atom stereocenters. The highest BCUT2D eigenvalue weighted by molar-refractivity contribution is 7.80. The van der Waals surface area contributed by atoms with Crippen molar-refractivity contribution in [2.75, 3.05) is 25.0 Å². The number of alkyl halides is 2. The Morgan fingerprint density at radius 1 is 1.22 bits per heavy atom. The zero-order valence-electron chi connectivity index (χ0n) is 14.7. The highest BCUT2D eigenvalue weighted by Gasteiger charge is 2.23. The number of para-hydroxylation sites is 2. The van der Waals surface area contributed by atoms with E-state index in [2.05, 4.69) is 10.1 Å². The Hall–Kier alpha value is -2.61. The fraction of sp³-hybridized carbons (Fsp3) is 0.316. The molecule has 1 heterocycles. The van der Waals surface area contributed by atoms with E-state index in [1.54, 1.807) is 12.1 Å². The highest BCUT2D eigenvalue weighted by atomic mass is 32.1. The largest absolute Gasteiger partial charge is 0.486 e. The first-order chi connectivity index (χ1) is 13.0. The predicted octanol–water partition coefficient (Wildman–Crippen LogP) is 4.15. The minimum Gasteiger partial charge on any atom is -0.486 e. The Balaban J connectivity index is 1.56. The molecule has 0 saturated carbocycles. The smallest absolute Gasteiger partial charge is 0.387 e. The molecule has 8 heteroatoms. The summed E-state index contributed by atoms with van der Waals surface area (Å²) in [4.78, 5) is 1.96. The summed E-state index contributed by atoms with van der Waals surface area (Å²) in [7, 11) is 0. The third kappa shape index (κ3) is 5.19. The minimum absolute atomic E-state index is 0.0974. The number of hydrogen-bond acceptors (Lipinski definition) is 4.